The maximum atomic E-state index is 15.3. The van der Waals surface area contributed by atoms with Crippen molar-refractivity contribution in [2.45, 2.75) is 12.6 Å². The van der Waals surface area contributed by atoms with Gasteiger partial charge in [0, 0.05) is 25.7 Å². The third-order valence-electron chi connectivity index (χ3n) is 5.33. The van der Waals surface area contributed by atoms with Crippen molar-refractivity contribution in [1.29, 1.82) is 0 Å². The van der Waals surface area contributed by atoms with Gasteiger partial charge >= 0.3 is 0 Å². The number of ether oxygens (including phenoxy) is 1. The van der Waals surface area contributed by atoms with Gasteiger partial charge in [-0.25, -0.2) is 13.8 Å². The Balaban J connectivity index is 1.61. The lowest BCUT2D eigenvalue weighted by Crippen LogP contribution is -2.15. The SMILES string of the molecule is COc1c(F)c(N(C)C)c2[nH]ncc2c1-c1cn2cc(NC(=O)[C@@H]3C[C@@H]3F)nc2cn1. The summed E-state index contributed by atoms with van der Waals surface area (Å²) in [5.74, 6) is -1.22. The number of nitrogens with one attached hydrogen (secondary N) is 2. The van der Waals surface area contributed by atoms with Crippen molar-refractivity contribution in [2.75, 3.05) is 31.4 Å². The van der Waals surface area contributed by atoms with E-state index >= 15 is 4.39 Å². The van der Waals surface area contributed by atoms with E-state index in [1.165, 1.54) is 13.3 Å². The van der Waals surface area contributed by atoms with Crippen LogP contribution >= 0.6 is 0 Å². The number of carbonyl (C=O) groups is 1. The molecule has 5 rings (SSSR count). The normalized spacial score (nSPS) is 17.8. The van der Waals surface area contributed by atoms with Gasteiger partial charge in [0.2, 0.25) is 5.91 Å². The highest BCUT2D eigenvalue weighted by molar-refractivity contribution is 6.04. The molecule has 0 bridgehead atoms. The van der Waals surface area contributed by atoms with E-state index in [9.17, 15) is 9.18 Å². The Morgan fingerprint density at radius 1 is 1.35 bits per heavy atom. The van der Waals surface area contributed by atoms with Crippen molar-refractivity contribution >= 4 is 34.0 Å². The van der Waals surface area contributed by atoms with E-state index in [-0.39, 0.29) is 18.0 Å². The number of halogens is 2. The standard InChI is InChI=1S/C20H19F2N7O2/c1-28(2)18-16(22)19(31-3)15(10-5-24-27-17(10)18)12-7-29-8-13(25-14(29)6-23-12)26-20(30)9-4-11(9)21/h5-9,11H,4H2,1-3H3,(H,24,27)(H,26,30)/t9-,11+/m1/s1. The van der Waals surface area contributed by atoms with Crippen LogP contribution in [-0.4, -0.2) is 57.9 Å². The topological polar surface area (TPSA) is 100 Å². The van der Waals surface area contributed by atoms with Crippen molar-refractivity contribution in [3.05, 3.63) is 30.6 Å². The molecule has 2 atom stereocenters. The quantitative estimate of drug-likeness (QED) is 0.508. The zero-order valence-electron chi connectivity index (χ0n) is 17.0. The molecule has 1 aliphatic carbocycles. The van der Waals surface area contributed by atoms with Gasteiger partial charge in [-0.1, -0.05) is 0 Å². The molecular weight excluding hydrogens is 408 g/mol. The fraction of sp³-hybridized carbons (Fsp3) is 0.300. The molecular formula is C20H19F2N7O2. The summed E-state index contributed by atoms with van der Waals surface area (Å²) >= 11 is 0. The van der Waals surface area contributed by atoms with Crippen LogP contribution in [0.25, 0.3) is 27.8 Å². The highest BCUT2D eigenvalue weighted by atomic mass is 19.1. The number of fused-ring (bicyclic) bond motifs is 2. The number of hydrogen-bond donors (Lipinski definition) is 2. The van der Waals surface area contributed by atoms with E-state index in [4.69, 9.17) is 4.74 Å². The second-order valence-corrected chi connectivity index (χ2v) is 7.64. The number of H-pyrrole nitrogens is 1. The van der Waals surface area contributed by atoms with Crippen molar-refractivity contribution in [2.24, 2.45) is 5.92 Å². The van der Waals surface area contributed by atoms with Crippen LogP contribution in [0.4, 0.5) is 20.3 Å². The van der Waals surface area contributed by atoms with Crippen LogP contribution < -0.4 is 15.0 Å². The van der Waals surface area contributed by atoms with E-state index < -0.39 is 23.8 Å². The molecule has 3 heterocycles. The van der Waals surface area contributed by atoms with E-state index in [0.29, 0.717) is 33.5 Å². The number of amides is 1. The molecule has 0 unspecified atom stereocenters. The maximum Gasteiger partial charge on any atom is 0.231 e. The number of aromatic amines is 1. The summed E-state index contributed by atoms with van der Waals surface area (Å²) in [6.45, 7) is 0. The maximum absolute atomic E-state index is 15.3. The number of alkyl halides is 1. The summed E-state index contributed by atoms with van der Waals surface area (Å²) < 4.78 is 35.5. The van der Waals surface area contributed by atoms with E-state index in [2.05, 4.69) is 25.5 Å². The Labute approximate surface area is 175 Å². The third kappa shape index (κ3) is 3.04. The second kappa shape index (κ2) is 6.89. The number of rotatable bonds is 5. The molecule has 0 aliphatic heterocycles. The Kier molecular flexibility index (Phi) is 4.27. The van der Waals surface area contributed by atoms with Gasteiger partial charge in [-0.3, -0.25) is 14.9 Å². The Bertz CT molecular complexity index is 1330. The molecule has 1 amide bonds. The number of anilines is 2. The molecule has 0 spiro atoms. The second-order valence-electron chi connectivity index (χ2n) is 7.64. The van der Waals surface area contributed by atoms with Gasteiger partial charge in [0.25, 0.3) is 0 Å². The van der Waals surface area contributed by atoms with Crippen LogP contribution in [0.3, 0.4) is 0 Å². The largest absolute Gasteiger partial charge is 0.493 e. The zero-order chi connectivity index (χ0) is 21.9. The van der Waals surface area contributed by atoms with E-state index in [0.717, 1.165) is 0 Å². The number of methoxy groups -OCH3 is 1. The highest BCUT2D eigenvalue weighted by Gasteiger charge is 2.43. The van der Waals surface area contributed by atoms with Crippen molar-refractivity contribution in [3.63, 3.8) is 0 Å². The minimum absolute atomic E-state index is 0.0424. The number of carbonyl (C=O) groups excluding carboxylic acids is 1. The lowest BCUT2D eigenvalue weighted by molar-refractivity contribution is -0.117. The third-order valence-corrected chi connectivity index (χ3v) is 5.33. The lowest BCUT2D eigenvalue weighted by atomic mass is 10.0. The smallest absolute Gasteiger partial charge is 0.231 e. The first-order valence-corrected chi connectivity index (χ1v) is 9.59. The van der Waals surface area contributed by atoms with Gasteiger partial charge < -0.3 is 19.4 Å². The Morgan fingerprint density at radius 2 is 2.13 bits per heavy atom. The van der Waals surface area contributed by atoms with E-state index in [1.54, 1.807) is 42.0 Å². The van der Waals surface area contributed by atoms with Crippen LogP contribution in [0.5, 0.6) is 5.75 Å². The Hall–Kier alpha value is -3.76. The van der Waals surface area contributed by atoms with Gasteiger partial charge in [0.15, 0.2) is 23.0 Å². The van der Waals surface area contributed by atoms with Crippen molar-refractivity contribution < 1.29 is 18.3 Å². The van der Waals surface area contributed by atoms with Gasteiger partial charge in [-0.2, -0.15) is 5.10 Å². The number of imidazole rings is 1. The predicted molar refractivity (Wildman–Crippen MR) is 111 cm³/mol. The molecule has 31 heavy (non-hydrogen) atoms. The summed E-state index contributed by atoms with van der Waals surface area (Å²) in [4.78, 5) is 22.3. The molecule has 0 saturated heterocycles. The number of benzene rings is 1. The van der Waals surface area contributed by atoms with Crippen molar-refractivity contribution in [3.8, 4) is 17.0 Å². The molecule has 2 N–H and O–H groups in total. The van der Waals surface area contributed by atoms with Gasteiger partial charge in [-0.15, -0.1) is 0 Å². The van der Waals surface area contributed by atoms with Crippen molar-refractivity contribution in [1.82, 2.24) is 24.6 Å². The number of aromatic nitrogens is 5. The van der Waals surface area contributed by atoms with Crippen LogP contribution in [0.15, 0.2) is 24.8 Å². The Morgan fingerprint density at radius 3 is 2.81 bits per heavy atom. The fourth-order valence-corrected chi connectivity index (χ4v) is 3.71. The zero-order valence-corrected chi connectivity index (χ0v) is 17.0. The first kappa shape index (κ1) is 19.2. The van der Waals surface area contributed by atoms with E-state index in [1.807, 2.05) is 0 Å². The summed E-state index contributed by atoms with van der Waals surface area (Å²) in [5.41, 5.74) is 2.19. The number of nitrogens with zero attached hydrogens (tertiary/aromatic N) is 5. The molecule has 1 saturated carbocycles. The average molecular weight is 427 g/mol. The summed E-state index contributed by atoms with van der Waals surface area (Å²) in [6, 6.07) is 0. The van der Waals surface area contributed by atoms with Crippen LogP contribution in [-0.2, 0) is 4.79 Å². The molecule has 11 heteroatoms. The van der Waals surface area contributed by atoms with Crippen LogP contribution in [0.2, 0.25) is 0 Å². The summed E-state index contributed by atoms with van der Waals surface area (Å²) in [6.07, 6.45) is 5.50. The average Bonchev–Trinajstić information content (AvgIpc) is 3.11. The molecule has 0 radical (unpaired) electrons. The fourth-order valence-electron chi connectivity index (χ4n) is 3.71. The van der Waals surface area contributed by atoms with Gasteiger partial charge in [-0.05, 0) is 6.42 Å². The van der Waals surface area contributed by atoms with Crippen LogP contribution in [0, 0.1) is 11.7 Å². The summed E-state index contributed by atoms with van der Waals surface area (Å²) in [7, 11) is 4.86. The van der Waals surface area contributed by atoms with Gasteiger partial charge in [0.05, 0.1) is 48.4 Å². The summed E-state index contributed by atoms with van der Waals surface area (Å²) in [5, 5.41) is 10.2. The lowest BCUT2D eigenvalue weighted by Gasteiger charge is -2.19. The van der Waals surface area contributed by atoms with Gasteiger partial charge in [0.1, 0.15) is 11.9 Å². The highest BCUT2D eigenvalue weighted by Crippen LogP contribution is 2.43. The molecule has 1 aromatic carbocycles. The minimum atomic E-state index is -1.09. The molecule has 4 aromatic rings. The molecule has 1 fully saturated rings. The first-order chi connectivity index (χ1) is 14.9. The first-order valence-electron chi connectivity index (χ1n) is 9.59. The molecule has 160 valence electrons. The predicted octanol–water partition coefficient (Wildman–Crippen LogP) is 2.78. The van der Waals surface area contributed by atoms with Crippen LogP contribution in [0.1, 0.15) is 6.42 Å². The minimum Gasteiger partial charge on any atom is -0.493 e. The molecule has 3 aromatic heterocycles. The molecule has 9 nitrogen and oxygen atoms in total. The monoisotopic (exact) mass is 427 g/mol. The number of hydrogen-bond acceptors (Lipinski definition) is 6. The molecule has 1 aliphatic rings.